The first kappa shape index (κ1) is 111. The standard InChI is InChI=1S/C85H130N22O25/c1-12-42(7)67(82(128)101-58(30-47-21-23-50(111)24-22-47)79(125)100-59(31-48-35-91-53-19-15-14-18-51(48)53)75(121)93-45(10)71(117)103-62(85(131)132)32-49-36-90-39-92-49)105-74(120)54(20-16-17-27-86)95-73(119)55(25-26-64(88)112)96-84(130)69(46(11)110)107-81(127)63(38-109)104-78(124)57(29-41(5)6)99-77(123)56(28-40(3)4)97-70(116)44(9)94-76(122)60(33-65(89)113)102-83(129)68(43(8)13-2)106-80(126)61(34-66(114)115)98-72(118)52(87)37-108/h14-15,18-19,21-24,35-36,39-46,52,54-63,67-69,91,108-111H,12-13,16-17,20,25-34,37-38,86-87H2,1-11H3,(H2,88,112)(H2,89,113)(H,90,92)(H,93,121)(H,94,122)(H,95,119)(H,96,130)(H,97,116)(H,98,118)(H,99,123)(H,100,125)(H,101,128)(H,102,129)(H,103,117)(H,104,124)(H,105,120)(H,106,126)(H,107,127)(H,114,115)(H,131,132)/t42-,43-,44-,45-,46+,52-,54-,55-,56-,57-,58-,59-,60-,61-,62-,63-,67-,68-,69-/m0/s1. The summed E-state index contributed by atoms with van der Waals surface area (Å²) >= 11 is 0. The number of fused-ring (bicyclic) bond motifs is 1. The van der Waals surface area contributed by atoms with E-state index in [0.29, 0.717) is 27.7 Å². The third-order valence-electron chi connectivity index (χ3n) is 21.5. The van der Waals surface area contributed by atoms with Gasteiger partial charge in [-0.15, -0.1) is 0 Å². The molecular weight excluding hydrogens is 1730 g/mol. The van der Waals surface area contributed by atoms with Crippen LogP contribution in [0.15, 0.2) is 67.3 Å². The smallest absolute Gasteiger partial charge is 0.326 e. The summed E-state index contributed by atoms with van der Waals surface area (Å²) in [6, 6.07) is -13.7. The van der Waals surface area contributed by atoms with Crippen LogP contribution >= 0.6 is 0 Å². The molecule has 0 fully saturated rings. The summed E-state index contributed by atoms with van der Waals surface area (Å²) in [6.45, 7) is 14.6. The second-order valence-electron chi connectivity index (χ2n) is 33.4. The van der Waals surface area contributed by atoms with Gasteiger partial charge in [0, 0.05) is 54.7 Å². The number of unbranched alkanes of at least 4 members (excludes halogenated alkanes) is 1. The molecule has 17 amide bonds. The van der Waals surface area contributed by atoms with Gasteiger partial charge in [0.2, 0.25) is 100 Å². The molecule has 47 heteroatoms. The molecule has 4 aromatic rings. The summed E-state index contributed by atoms with van der Waals surface area (Å²) in [6.07, 6.45) is -0.971. The van der Waals surface area contributed by atoms with E-state index in [1.807, 2.05) is 0 Å². The maximum Gasteiger partial charge on any atom is 0.326 e. The van der Waals surface area contributed by atoms with Crippen molar-refractivity contribution in [2.75, 3.05) is 19.8 Å². The Morgan fingerprint density at radius 2 is 0.848 bits per heavy atom. The molecule has 47 nitrogen and oxygen atoms in total. The highest BCUT2D eigenvalue weighted by Gasteiger charge is 2.41. The van der Waals surface area contributed by atoms with Gasteiger partial charge in [0.1, 0.15) is 102 Å². The van der Waals surface area contributed by atoms with Gasteiger partial charge in [-0.2, -0.15) is 0 Å². The molecule has 0 bridgehead atoms. The molecule has 0 saturated heterocycles. The number of aliphatic hydroxyl groups is 3. The van der Waals surface area contributed by atoms with Crippen LogP contribution in [0.1, 0.15) is 164 Å². The molecular formula is C85H130N22O25. The van der Waals surface area contributed by atoms with Crippen molar-refractivity contribution in [2.24, 2.45) is 46.6 Å². The van der Waals surface area contributed by atoms with Crippen molar-refractivity contribution in [1.82, 2.24) is 94.7 Å². The minimum absolute atomic E-state index is 0.102. The first-order chi connectivity index (χ1) is 62.1. The summed E-state index contributed by atoms with van der Waals surface area (Å²) in [7, 11) is 0. The highest BCUT2D eigenvalue weighted by Crippen LogP contribution is 2.22. The Kier molecular flexibility index (Phi) is 46.3. The number of carbonyl (C=O) groups excluding carboxylic acids is 17. The third kappa shape index (κ3) is 36.9. The summed E-state index contributed by atoms with van der Waals surface area (Å²) < 4.78 is 0. The highest BCUT2D eigenvalue weighted by atomic mass is 16.4. The number of phenolic OH excluding ortho intramolecular Hbond substituents is 1. The third-order valence-corrected chi connectivity index (χ3v) is 21.5. The van der Waals surface area contributed by atoms with E-state index in [9.17, 15) is 112 Å². The molecule has 19 atom stereocenters. The number of phenols is 1. The zero-order chi connectivity index (χ0) is 99.1. The lowest BCUT2D eigenvalue weighted by atomic mass is 9.96. The number of imidazole rings is 1. The number of benzene rings is 2. The molecule has 0 aliphatic rings. The van der Waals surface area contributed by atoms with Gasteiger partial charge in [-0.05, 0) is 119 Å². The number of para-hydroxylation sites is 1. The molecule has 2 heterocycles. The normalized spacial score (nSPS) is 15.6. The summed E-state index contributed by atoms with van der Waals surface area (Å²) in [5.74, 6) is -23.7. The lowest BCUT2D eigenvalue weighted by molar-refractivity contribution is -0.142. The zero-order valence-electron chi connectivity index (χ0n) is 75.7. The van der Waals surface area contributed by atoms with E-state index in [2.05, 4.69) is 94.7 Å². The number of aliphatic hydroxyl groups excluding tert-OH is 3. The van der Waals surface area contributed by atoms with Gasteiger partial charge in [0.05, 0.1) is 38.5 Å². The minimum Gasteiger partial charge on any atom is -0.508 e. The Morgan fingerprint density at radius 1 is 0.424 bits per heavy atom. The summed E-state index contributed by atoms with van der Waals surface area (Å²) in [5, 5.41) is 98.1. The number of nitrogens with two attached hydrogens (primary N) is 4. The number of H-pyrrole nitrogens is 2. The molecule has 0 unspecified atom stereocenters. The number of amides is 17. The minimum atomic E-state index is -2.04. The molecule has 2 aromatic heterocycles. The zero-order valence-corrected chi connectivity index (χ0v) is 75.7. The predicted octanol–water partition coefficient (Wildman–Crippen LogP) is -6.36. The average molecular weight is 1860 g/mol. The molecule has 4 rings (SSSR count). The number of aromatic amines is 2. The number of aliphatic carboxylic acids is 2. The largest absolute Gasteiger partial charge is 0.508 e. The lowest BCUT2D eigenvalue weighted by Crippen LogP contribution is -2.63. The van der Waals surface area contributed by atoms with Crippen molar-refractivity contribution >= 4 is 123 Å². The van der Waals surface area contributed by atoms with Crippen molar-refractivity contribution in [3.8, 4) is 5.75 Å². The van der Waals surface area contributed by atoms with E-state index in [4.69, 9.17) is 22.9 Å². The van der Waals surface area contributed by atoms with E-state index in [-0.39, 0.29) is 82.4 Å². The van der Waals surface area contributed by atoms with Gasteiger partial charge in [-0.3, -0.25) is 86.3 Å². The van der Waals surface area contributed by atoms with Gasteiger partial charge < -0.3 is 143 Å². The van der Waals surface area contributed by atoms with Crippen molar-refractivity contribution < 1.29 is 122 Å². The maximum absolute atomic E-state index is 15.0. The van der Waals surface area contributed by atoms with Gasteiger partial charge in [0.25, 0.3) is 0 Å². The van der Waals surface area contributed by atoms with Crippen LogP contribution in [0.25, 0.3) is 10.9 Å². The fraction of sp³-hybridized carbons (Fsp3) is 0.576. The van der Waals surface area contributed by atoms with Crippen LogP contribution in [0.2, 0.25) is 0 Å². The Labute approximate surface area is 761 Å². The lowest BCUT2D eigenvalue weighted by Gasteiger charge is -2.30. The number of rotatable bonds is 59. The number of primary amides is 2. The van der Waals surface area contributed by atoms with E-state index in [1.54, 1.807) is 78.9 Å². The molecule has 0 aliphatic carbocycles. The Morgan fingerprint density at radius 3 is 1.35 bits per heavy atom. The second kappa shape index (κ2) is 55.0. The van der Waals surface area contributed by atoms with Crippen molar-refractivity contribution in [3.05, 3.63) is 84.1 Å². The molecule has 0 saturated carbocycles. The van der Waals surface area contributed by atoms with Crippen LogP contribution in [0.3, 0.4) is 0 Å². The first-order valence-electron chi connectivity index (χ1n) is 43.4. The van der Waals surface area contributed by atoms with Crippen LogP contribution in [-0.2, 0) is 110 Å². The van der Waals surface area contributed by atoms with Gasteiger partial charge in [0.15, 0.2) is 0 Å². The van der Waals surface area contributed by atoms with Crippen LogP contribution in [0.5, 0.6) is 5.75 Å². The highest BCUT2D eigenvalue weighted by molar-refractivity contribution is 6.02. The fourth-order valence-electron chi connectivity index (χ4n) is 13.5. The molecule has 2 aromatic carbocycles. The van der Waals surface area contributed by atoms with Crippen molar-refractivity contribution in [1.29, 1.82) is 0 Å². The number of hydrogen-bond donors (Lipinski definition) is 27. The monoisotopic (exact) mass is 1860 g/mol. The van der Waals surface area contributed by atoms with Crippen molar-refractivity contribution in [3.63, 3.8) is 0 Å². The van der Waals surface area contributed by atoms with Crippen LogP contribution < -0.4 is 103 Å². The van der Waals surface area contributed by atoms with Gasteiger partial charge >= 0.3 is 11.9 Å². The van der Waals surface area contributed by atoms with Gasteiger partial charge in [-0.1, -0.05) is 98.6 Å². The number of carboxylic acids is 2. The second-order valence-corrected chi connectivity index (χ2v) is 33.4. The number of aromatic nitrogens is 3. The number of nitrogens with one attached hydrogen (secondary N) is 17. The average Bonchev–Trinajstić information content (AvgIpc) is 1.63. The number of carboxylic acid groups (broad SMARTS) is 2. The van der Waals surface area contributed by atoms with E-state index in [0.717, 1.165) is 6.92 Å². The van der Waals surface area contributed by atoms with Crippen molar-refractivity contribution in [2.45, 2.75) is 269 Å². The van der Waals surface area contributed by atoms with Gasteiger partial charge in [-0.25, -0.2) is 9.78 Å². The van der Waals surface area contributed by atoms with Crippen LogP contribution in [0.4, 0.5) is 0 Å². The Hall–Kier alpha value is -13.3. The first-order valence-corrected chi connectivity index (χ1v) is 43.4. The maximum atomic E-state index is 15.0. The van der Waals surface area contributed by atoms with E-state index in [1.165, 1.54) is 57.6 Å². The molecule has 0 radical (unpaired) electrons. The molecule has 132 heavy (non-hydrogen) atoms. The number of nitrogens with zero attached hydrogens (tertiary/aromatic N) is 1. The molecule has 31 N–H and O–H groups in total. The quantitative estimate of drug-likeness (QED) is 0.0183. The number of hydrogen-bond acceptors (Lipinski definition) is 26. The predicted molar refractivity (Wildman–Crippen MR) is 473 cm³/mol. The Balaban J connectivity index is 1.57. The van der Waals surface area contributed by atoms with Crippen LogP contribution in [0, 0.1) is 23.7 Å². The molecule has 730 valence electrons. The van der Waals surface area contributed by atoms with E-state index < -0.39 is 272 Å². The summed E-state index contributed by atoms with van der Waals surface area (Å²) in [5.41, 5.74) is 24.3. The SMILES string of the molecule is CC[C@H](C)[C@H](NC(=O)[C@H](CC(=O)O)NC(=O)[C@@H](N)CO)C(=O)N[C@@H](CC(N)=O)C(=O)N[C@@H](C)C(=O)N[C@@H](CC(C)C)C(=O)N[C@@H](CC(C)C)C(=O)N[C@@H](CO)C(=O)N[C@H](C(=O)N[C@@H](CCC(N)=O)C(=O)N[C@@H](CCCCN)C(=O)N[C@H](C(=O)N[C@@H](Cc1ccc(O)cc1)C(=O)N[C@@H](Cc1c[nH]c2ccccc12)C(=O)N[C@@H](C)C(=O)N[C@@H](Cc1cnc[nH]1)C(=O)O)[C@@H](C)CC)[C@@H](C)O. The fourth-order valence-corrected chi connectivity index (χ4v) is 13.5. The topological polar surface area (TPSA) is 775 Å². The molecule has 0 aliphatic heterocycles. The molecule has 0 spiro atoms. The van der Waals surface area contributed by atoms with Crippen LogP contribution in [-0.4, -0.2) is 280 Å². The Bertz CT molecular complexity index is 4610. The number of carbonyl (C=O) groups is 19. The van der Waals surface area contributed by atoms with E-state index >= 15 is 9.59 Å². The summed E-state index contributed by atoms with van der Waals surface area (Å²) in [4.78, 5) is 271. The number of aromatic hydroxyl groups is 1.